The molecule has 0 atom stereocenters. The molecule has 0 radical (unpaired) electrons. The predicted molar refractivity (Wildman–Crippen MR) is 51.0 cm³/mol. The van der Waals surface area contributed by atoms with E-state index in [1.54, 1.807) is 0 Å². The van der Waals surface area contributed by atoms with E-state index in [4.69, 9.17) is 11.6 Å². The van der Waals surface area contributed by atoms with Crippen molar-refractivity contribution in [2.24, 2.45) is 0 Å². The molecule has 0 aliphatic carbocycles. The molecule has 0 bridgehead atoms. The zero-order chi connectivity index (χ0) is 5.98. The number of rotatable bonds is 0. The van der Waals surface area contributed by atoms with Crippen molar-refractivity contribution in [1.82, 2.24) is 0 Å². The van der Waals surface area contributed by atoms with Crippen LogP contribution in [0.4, 0.5) is 0 Å². The average Bonchev–Trinajstić information content (AvgIpc) is 1.77. The predicted octanol–water partition coefficient (Wildman–Crippen LogP) is 3.13. The van der Waals surface area contributed by atoms with Gasteiger partial charge in [0.25, 0.3) is 0 Å². The Kier molecular flexibility index (Phi) is 2.72. The second-order valence-corrected chi connectivity index (χ2v) is 5.59. The topological polar surface area (TPSA) is 0 Å². The van der Waals surface area contributed by atoms with Crippen LogP contribution >= 0.6 is 48.3 Å². The number of hydrogen-bond acceptors (Lipinski definition) is 0. The van der Waals surface area contributed by atoms with Crippen LogP contribution in [0.2, 0.25) is 0 Å². The molecule has 1 rings (SSSR count). The van der Waals surface area contributed by atoms with E-state index in [1.165, 1.54) is 0 Å². The molecule has 0 nitrogen and oxygen atoms in total. The summed E-state index contributed by atoms with van der Waals surface area (Å²) < 4.78 is 4.31. The van der Waals surface area contributed by atoms with Crippen molar-refractivity contribution < 1.29 is 0 Å². The smallest absolute Gasteiger partial charge is 0.0735 e. The van der Waals surface area contributed by atoms with E-state index in [9.17, 15) is 0 Å². The highest BCUT2D eigenvalue weighted by atomic mass is 127. The van der Waals surface area contributed by atoms with Crippen molar-refractivity contribution in [3.8, 4) is 0 Å². The molecule has 44 valence electrons. The van der Waals surface area contributed by atoms with Gasteiger partial charge in [0.05, 0.1) is 2.97 Å². The fourth-order valence-electron chi connectivity index (χ4n) is 0.320. The van der Waals surface area contributed by atoms with Crippen molar-refractivity contribution in [1.29, 1.82) is 0 Å². The molecule has 1 heterocycles. The largest absolute Gasteiger partial charge is 0.0776 e. The molecule has 0 aromatic carbocycles. The molecule has 3 heteroatoms. The molecule has 0 fully saturated rings. The van der Waals surface area contributed by atoms with Crippen molar-refractivity contribution >= 4 is 51.2 Å². The first-order valence-corrected chi connectivity index (χ1v) is 5.48. The summed E-state index contributed by atoms with van der Waals surface area (Å²) in [4.78, 5) is 0. The second-order valence-electron chi connectivity index (χ2n) is 1.23. The average molecular weight is 305 g/mol. The Hall–Kier alpha value is 0.850. The third-order valence-corrected chi connectivity index (χ3v) is 4.60. The van der Waals surface area contributed by atoms with Gasteiger partial charge >= 0.3 is 0 Å². The van der Waals surface area contributed by atoms with Crippen LogP contribution in [-0.4, -0.2) is 2.97 Å². The van der Waals surface area contributed by atoms with Gasteiger partial charge in [-0.2, -0.15) is 0 Å². The van der Waals surface area contributed by atoms with Crippen LogP contribution < -0.4 is 0 Å². The van der Waals surface area contributed by atoms with Crippen LogP contribution in [0, 0.1) is 0 Å². The van der Waals surface area contributed by atoms with Gasteiger partial charge in [-0.1, -0.05) is 48.3 Å². The summed E-state index contributed by atoms with van der Waals surface area (Å²) >= 11 is 9.04. The lowest BCUT2D eigenvalue weighted by molar-refractivity contribution is 2.03. The Morgan fingerprint density at radius 1 is 1.50 bits per heavy atom. The van der Waals surface area contributed by atoms with Crippen LogP contribution in [0.3, 0.4) is 0 Å². The van der Waals surface area contributed by atoms with Crippen molar-refractivity contribution in [2.45, 2.75) is 0 Å². The molecule has 8 heavy (non-hydrogen) atoms. The van der Waals surface area contributed by atoms with Gasteiger partial charge in [-0.3, -0.25) is 0 Å². The van der Waals surface area contributed by atoms with Crippen molar-refractivity contribution in [2.75, 3.05) is 0 Å². The molecule has 1 aliphatic rings. The molecule has 0 aromatic heterocycles. The summed E-state index contributed by atoms with van der Waals surface area (Å²) in [6, 6.07) is 0. The van der Waals surface area contributed by atoms with Crippen LogP contribution in [0.1, 0.15) is 0 Å². The molecule has 0 aromatic rings. The SMILES string of the molecule is ClC1=IC=C(Br)C=C1. The zero-order valence-electron chi connectivity index (χ0n) is 3.87. The maximum Gasteiger partial charge on any atom is 0.0735 e. The lowest BCUT2D eigenvalue weighted by Crippen LogP contribution is -1.75. The summed E-state index contributed by atoms with van der Waals surface area (Å²) in [6.45, 7) is 0. The van der Waals surface area contributed by atoms with Crippen LogP contribution in [0.5, 0.6) is 0 Å². The first-order chi connectivity index (χ1) is 3.79. The van der Waals surface area contributed by atoms with Crippen molar-refractivity contribution in [3.63, 3.8) is 0 Å². The van der Waals surface area contributed by atoms with Crippen molar-refractivity contribution in [3.05, 3.63) is 20.7 Å². The van der Waals surface area contributed by atoms with Gasteiger partial charge in [0.2, 0.25) is 0 Å². The molecule has 0 saturated heterocycles. The second kappa shape index (κ2) is 3.13. The first-order valence-electron chi connectivity index (χ1n) is 1.98. The van der Waals surface area contributed by atoms with Gasteiger partial charge < -0.3 is 0 Å². The molecule has 0 unspecified atom stereocenters. The monoisotopic (exact) mass is 304 g/mol. The minimum absolute atomic E-state index is 0.00191. The molecule has 0 spiro atoms. The van der Waals surface area contributed by atoms with Crippen LogP contribution in [0.15, 0.2) is 20.7 Å². The van der Waals surface area contributed by atoms with Crippen LogP contribution in [0.25, 0.3) is 0 Å². The zero-order valence-corrected chi connectivity index (χ0v) is 8.37. The number of hydrogen-bond donors (Lipinski definition) is 0. The Bertz CT molecular complexity index is 161. The van der Waals surface area contributed by atoms with E-state index in [0.717, 1.165) is 7.45 Å². The highest BCUT2D eigenvalue weighted by Crippen LogP contribution is 2.20. The normalized spacial score (nSPS) is 18.8. The molecule has 1 aliphatic heterocycles. The lowest BCUT2D eigenvalue weighted by Gasteiger charge is -1.92. The summed E-state index contributed by atoms with van der Waals surface area (Å²) in [5.41, 5.74) is 0. The standard InChI is InChI=1S/C5H3BrClI/c6-4-1-2-5(7)8-3-4/h1-3H. The summed E-state index contributed by atoms with van der Waals surface area (Å²) in [7, 11) is 0. The molecule has 0 amide bonds. The number of allylic oxidation sites excluding steroid dienone is 3. The van der Waals surface area contributed by atoms with Crippen LogP contribution in [-0.2, 0) is 0 Å². The minimum Gasteiger partial charge on any atom is -0.0776 e. The van der Waals surface area contributed by atoms with E-state index < -0.39 is 0 Å². The number of halogens is 3. The van der Waals surface area contributed by atoms with E-state index in [-0.39, 0.29) is 20.7 Å². The molecular weight excluding hydrogens is 302 g/mol. The highest BCUT2D eigenvalue weighted by molar-refractivity contribution is 14.2. The fourth-order valence-corrected chi connectivity index (χ4v) is 2.56. The Morgan fingerprint density at radius 2 is 2.25 bits per heavy atom. The lowest BCUT2D eigenvalue weighted by atomic mass is 10.5. The van der Waals surface area contributed by atoms with Gasteiger partial charge in [0.15, 0.2) is 0 Å². The van der Waals surface area contributed by atoms with Gasteiger partial charge in [0, 0.05) is 4.48 Å². The summed E-state index contributed by atoms with van der Waals surface area (Å²) in [5, 5.41) is 0. The highest BCUT2D eigenvalue weighted by Gasteiger charge is 1.90. The minimum atomic E-state index is -0.00191. The van der Waals surface area contributed by atoms with Gasteiger partial charge in [-0.15, -0.1) is 0 Å². The van der Waals surface area contributed by atoms with E-state index in [1.807, 2.05) is 12.2 Å². The van der Waals surface area contributed by atoms with Gasteiger partial charge in [0.1, 0.15) is 0 Å². The van der Waals surface area contributed by atoms with Gasteiger partial charge in [-0.25, -0.2) is 0 Å². The third-order valence-electron chi connectivity index (χ3n) is 0.632. The summed E-state index contributed by atoms with van der Waals surface area (Å²) in [6.07, 6.45) is 3.91. The Balaban J connectivity index is 2.86. The van der Waals surface area contributed by atoms with Gasteiger partial charge in [-0.05, 0) is 16.2 Å². The molecule has 0 N–H and O–H groups in total. The van der Waals surface area contributed by atoms with E-state index in [2.05, 4.69) is 20.0 Å². The first kappa shape index (κ1) is 6.96. The molecular formula is C5H3BrClI. The maximum absolute atomic E-state index is 5.70. The summed E-state index contributed by atoms with van der Waals surface area (Å²) in [5.74, 6) is 0. The quantitative estimate of drug-likeness (QED) is 0.603. The fraction of sp³-hybridized carbons (Fsp3) is 0. The molecule has 0 saturated carbocycles. The third kappa shape index (κ3) is 1.99. The Morgan fingerprint density at radius 3 is 2.62 bits per heavy atom. The van der Waals surface area contributed by atoms with E-state index in [0.29, 0.717) is 0 Å². The maximum atomic E-state index is 5.70. The van der Waals surface area contributed by atoms with E-state index >= 15 is 0 Å². The Labute approximate surface area is 71.5 Å².